The molecule has 2 amide bonds. The van der Waals surface area contributed by atoms with Gasteiger partial charge in [0, 0.05) is 23.2 Å². The topological polar surface area (TPSA) is 58.6 Å². The van der Waals surface area contributed by atoms with Crippen molar-refractivity contribution in [3.63, 3.8) is 0 Å². The van der Waals surface area contributed by atoms with E-state index in [1.807, 2.05) is 55.5 Å². The predicted octanol–water partition coefficient (Wildman–Crippen LogP) is 3.64. The fraction of sp³-hybridized carbons (Fsp3) is 0.300. The van der Waals surface area contributed by atoms with E-state index < -0.39 is 0 Å². The largest absolute Gasteiger partial charge is 0.483 e. The van der Waals surface area contributed by atoms with Crippen molar-refractivity contribution in [1.82, 2.24) is 10.2 Å². The minimum atomic E-state index is -0.204. The van der Waals surface area contributed by atoms with Gasteiger partial charge in [-0.05, 0) is 47.2 Å². The number of nitrogens with one attached hydrogen (secondary N) is 1. The molecule has 2 aromatic carbocycles. The van der Waals surface area contributed by atoms with Crippen LogP contribution in [-0.4, -0.2) is 37.4 Å². The zero-order chi connectivity index (χ0) is 19.1. The summed E-state index contributed by atoms with van der Waals surface area (Å²) in [6, 6.07) is 14.7. The van der Waals surface area contributed by atoms with E-state index in [4.69, 9.17) is 4.74 Å². The Hall–Kier alpha value is -2.09. The molecule has 138 valence electrons. The molecule has 0 aromatic heterocycles. The number of rotatable bonds is 7. The molecule has 0 saturated carbocycles. The van der Waals surface area contributed by atoms with Gasteiger partial charge in [0.1, 0.15) is 5.75 Å². The molecule has 2 rings (SSSR count). The van der Waals surface area contributed by atoms with Gasteiger partial charge in [-0.15, -0.1) is 0 Å². The number of carbonyl (C=O) groups is 2. The van der Waals surface area contributed by atoms with Crippen LogP contribution in [0.5, 0.6) is 5.75 Å². The van der Waals surface area contributed by atoms with Gasteiger partial charge in [0.05, 0.1) is 11.6 Å². The van der Waals surface area contributed by atoms with Crippen molar-refractivity contribution in [2.45, 2.75) is 19.4 Å². The summed E-state index contributed by atoms with van der Waals surface area (Å²) in [6.45, 7) is 1.97. The van der Waals surface area contributed by atoms with Crippen LogP contribution in [0.15, 0.2) is 48.5 Å². The molecule has 0 saturated heterocycles. The van der Waals surface area contributed by atoms with E-state index in [2.05, 4.69) is 27.9 Å². The molecule has 26 heavy (non-hydrogen) atoms. The van der Waals surface area contributed by atoms with Crippen LogP contribution in [-0.2, 0) is 4.79 Å². The summed E-state index contributed by atoms with van der Waals surface area (Å²) in [4.78, 5) is 25.9. The van der Waals surface area contributed by atoms with Crippen molar-refractivity contribution < 1.29 is 14.3 Å². The van der Waals surface area contributed by atoms with E-state index in [1.54, 1.807) is 14.1 Å². The van der Waals surface area contributed by atoms with Gasteiger partial charge in [-0.2, -0.15) is 0 Å². The second kappa shape index (κ2) is 9.56. The molecule has 0 bridgehead atoms. The number of likely N-dealkylation sites (N-methyl/N-ethyl adjacent to an activating group) is 1. The maximum Gasteiger partial charge on any atom is 0.259 e. The molecule has 0 fully saturated rings. The summed E-state index contributed by atoms with van der Waals surface area (Å²) in [5.74, 6) is 0.370. The van der Waals surface area contributed by atoms with Crippen LogP contribution in [0.25, 0.3) is 0 Å². The van der Waals surface area contributed by atoms with Crippen molar-refractivity contribution >= 4 is 34.4 Å². The Morgan fingerprint density at radius 3 is 2.42 bits per heavy atom. The molecule has 5 nitrogen and oxygen atoms in total. The highest BCUT2D eigenvalue weighted by atomic mass is 127. The van der Waals surface area contributed by atoms with Gasteiger partial charge in [0.2, 0.25) is 0 Å². The van der Waals surface area contributed by atoms with Gasteiger partial charge in [-0.1, -0.05) is 37.3 Å². The third-order valence-electron chi connectivity index (χ3n) is 3.98. The van der Waals surface area contributed by atoms with Crippen molar-refractivity contribution in [3.8, 4) is 5.75 Å². The van der Waals surface area contributed by atoms with E-state index in [1.165, 1.54) is 4.90 Å². The highest BCUT2D eigenvalue weighted by Crippen LogP contribution is 2.28. The molecule has 0 aliphatic heterocycles. The Kier molecular flexibility index (Phi) is 7.44. The van der Waals surface area contributed by atoms with Gasteiger partial charge >= 0.3 is 0 Å². The predicted molar refractivity (Wildman–Crippen MR) is 110 cm³/mol. The molecule has 2 aromatic rings. The first-order valence-electron chi connectivity index (χ1n) is 8.41. The molecule has 0 radical (unpaired) electrons. The standard InChI is InChI=1S/C20H23IN2O3/c1-4-17(22-20(25)14-9-5-7-11-16(14)21)15-10-6-8-12-18(15)26-13-19(24)23(2)3/h5-12,17H,4,13H2,1-3H3,(H,22,25). The molecule has 0 aliphatic rings. The van der Waals surface area contributed by atoms with Gasteiger partial charge < -0.3 is 15.0 Å². The maximum atomic E-state index is 12.7. The fourth-order valence-electron chi connectivity index (χ4n) is 2.45. The smallest absolute Gasteiger partial charge is 0.259 e. The average molecular weight is 466 g/mol. The van der Waals surface area contributed by atoms with Crippen LogP contribution in [0.3, 0.4) is 0 Å². The summed E-state index contributed by atoms with van der Waals surface area (Å²) in [5.41, 5.74) is 1.51. The van der Waals surface area contributed by atoms with Gasteiger partial charge in [-0.3, -0.25) is 9.59 Å². The van der Waals surface area contributed by atoms with Gasteiger partial charge in [-0.25, -0.2) is 0 Å². The zero-order valence-corrected chi connectivity index (χ0v) is 17.3. The highest BCUT2D eigenvalue weighted by molar-refractivity contribution is 14.1. The van der Waals surface area contributed by atoms with Gasteiger partial charge in [0.25, 0.3) is 11.8 Å². The second-order valence-electron chi connectivity index (χ2n) is 6.03. The first-order chi connectivity index (χ1) is 12.4. The Labute approximate surface area is 167 Å². The van der Waals surface area contributed by atoms with E-state index in [0.29, 0.717) is 17.7 Å². The molecular formula is C20H23IN2O3. The Balaban J connectivity index is 2.18. The monoisotopic (exact) mass is 466 g/mol. The number of halogens is 1. The first kappa shape index (κ1) is 20.2. The molecule has 0 aliphatic carbocycles. The number of amides is 2. The lowest BCUT2D eigenvalue weighted by Gasteiger charge is -2.21. The number of hydrogen-bond donors (Lipinski definition) is 1. The van der Waals surface area contributed by atoms with Crippen molar-refractivity contribution in [2.75, 3.05) is 20.7 Å². The molecule has 6 heteroatoms. The Morgan fingerprint density at radius 2 is 1.77 bits per heavy atom. The van der Waals surface area contributed by atoms with E-state index in [0.717, 1.165) is 9.13 Å². The number of para-hydroxylation sites is 1. The fourth-order valence-corrected chi connectivity index (χ4v) is 3.08. The first-order valence-corrected chi connectivity index (χ1v) is 9.49. The Morgan fingerprint density at radius 1 is 1.12 bits per heavy atom. The van der Waals surface area contributed by atoms with Crippen LogP contribution in [0.1, 0.15) is 35.3 Å². The maximum absolute atomic E-state index is 12.7. The molecule has 1 atom stereocenters. The van der Waals surface area contributed by atoms with Crippen LogP contribution < -0.4 is 10.1 Å². The summed E-state index contributed by atoms with van der Waals surface area (Å²) in [7, 11) is 3.38. The normalized spacial score (nSPS) is 11.5. The Bertz CT molecular complexity index is 777. The summed E-state index contributed by atoms with van der Waals surface area (Å²) < 4.78 is 6.61. The number of nitrogens with zero attached hydrogens (tertiary/aromatic N) is 1. The summed E-state index contributed by atoms with van der Waals surface area (Å²) in [5, 5.41) is 3.07. The third kappa shape index (κ3) is 5.20. The average Bonchev–Trinajstić information content (AvgIpc) is 2.64. The molecule has 1 unspecified atom stereocenters. The molecular weight excluding hydrogens is 443 g/mol. The minimum absolute atomic E-state index is 0.0367. The quantitative estimate of drug-likeness (QED) is 0.635. The molecule has 1 N–H and O–H groups in total. The van der Waals surface area contributed by atoms with Gasteiger partial charge in [0.15, 0.2) is 6.61 Å². The SMILES string of the molecule is CCC(NC(=O)c1ccccc1I)c1ccccc1OCC(=O)N(C)C. The summed E-state index contributed by atoms with van der Waals surface area (Å²) in [6.07, 6.45) is 0.706. The lowest BCUT2D eigenvalue weighted by molar-refractivity contribution is -0.130. The van der Waals surface area contributed by atoms with Crippen LogP contribution in [0.2, 0.25) is 0 Å². The van der Waals surface area contributed by atoms with Crippen molar-refractivity contribution in [3.05, 3.63) is 63.2 Å². The molecule has 0 spiro atoms. The lowest BCUT2D eigenvalue weighted by Crippen LogP contribution is -2.30. The van der Waals surface area contributed by atoms with Crippen molar-refractivity contribution in [2.24, 2.45) is 0 Å². The van der Waals surface area contributed by atoms with Crippen LogP contribution in [0.4, 0.5) is 0 Å². The van der Waals surface area contributed by atoms with E-state index in [-0.39, 0.29) is 24.5 Å². The van der Waals surface area contributed by atoms with E-state index in [9.17, 15) is 9.59 Å². The van der Waals surface area contributed by atoms with E-state index >= 15 is 0 Å². The van der Waals surface area contributed by atoms with Crippen LogP contribution >= 0.6 is 22.6 Å². The molecule has 0 heterocycles. The minimum Gasteiger partial charge on any atom is -0.483 e. The highest BCUT2D eigenvalue weighted by Gasteiger charge is 2.19. The number of ether oxygens (including phenoxy) is 1. The summed E-state index contributed by atoms with van der Waals surface area (Å²) >= 11 is 2.15. The number of benzene rings is 2. The lowest BCUT2D eigenvalue weighted by atomic mass is 10.0. The number of hydrogen-bond acceptors (Lipinski definition) is 3. The number of carbonyl (C=O) groups excluding carboxylic acids is 2. The zero-order valence-electron chi connectivity index (χ0n) is 15.2. The third-order valence-corrected chi connectivity index (χ3v) is 4.92. The van der Waals surface area contributed by atoms with Crippen molar-refractivity contribution in [1.29, 1.82) is 0 Å². The van der Waals surface area contributed by atoms with Crippen LogP contribution in [0, 0.1) is 3.57 Å². The second-order valence-corrected chi connectivity index (χ2v) is 7.19.